The normalized spacial score (nSPS) is 23.4. The molecule has 2 bridgehead atoms. The molecule has 0 unspecified atom stereocenters. The molecule has 0 radical (unpaired) electrons. The van der Waals surface area contributed by atoms with Gasteiger partial charge in [-0.25, -0.2) is 0 Å². The Balaban J connectivity index is 1.43. The van der Waals surface area contributed by atoms with Crippen LogP contribution in [0, 0.1) is 5.92 Å². The minimum atomic E-state index is 0.164. The molecule has 5 heterocycles. The first-order chi connectivity index (χ1) is 12.3. The quantitative estimate of drug-likeness (QED) is 0.847. The maximum Gasteiger partial charge on any atom is 0.228 e. The minimum Gasteiger partial charge on any atom is -0.340 e. The highest BCUT2D eigenvalue weighted by molar-refractivity contribution is 5.78. The molecule has 6 nitrogen and oxygen atoms in total. The molecule has 3 saturated heterocycles. The van der Waals surface area contributed by atoms with Gasteiger partial charge in [0.05, 0.1) is 17.8 Å². The number of amides is 1. The maximum absolute atomic E-state index is 12.7. The van der Waals surface area contributed by atoms with Crippen LogP contribution in [-0.2, 0) is 17.8 Å². The van der Waals surface area contributed by atoms with Gasteiger partial charge in [0, 0.05) is 57.0 Å². The molecular formula is C19H23N5O. The molecule has 0 saturated carbocycles. The molecule has 0 N–H and O–H groups in total. The van der Waals surface area contributed by atoms with Gasteiger partial charge in [0.25, 0.3) is 0 Å². The molecule has 2 aromatic heterocycles. The van der Waals surface area contributed by atoms with Crippen molar-refractivity contribution in [1.29, 1.82) is 0 Å². The van der Waals surface area contributed by atoms with E-state index in [4.69, 9.17) is 0 Å². The predicted molar refractivity (Wildman–Crippen MR) is 93.5 cm³/mol. The van der Waals surface area contributed by atoms with Crippen LogP contribution in [0.5, 0.6) is 0 Å². The van der Waals surface area contributed by atoms with E-state index in [0.717, 1.165) is 44.0 Å². The van der Waals surface area contributed by atoms with Gasteiger partial charge >= 0.3 is 0 Å². The zero-order valence-electron chi connectivity index (χ0n) is 14.3. The number of rotatable bonds is 4. The second kappa shape index (κ2) is 7.27. The lowest BCUT2D eigenvalue weighted by molar-refractivity contribution is -0.130. The molecule has 3 aliphatic heterocycles. The highest BCUT2D eigenvalue weighted by Gasteiger charge is 2.36. The lowest BCUT2D eigenvalue weighted by Gasteiger charge is -2.35. The van der Waals surface area contributed by atoms with Crippen LogP contribution < -0.4 is 0 Å². The lowest BCUT2D eigenvalue weighted by Crippen LogP contribution is -2.44. The molecule has 2 atom stereocenters. The van der Waals surface area contributed by atoms with E-state index in [-0.39, 0.29) is 5.91 Å². The Morgan fingerprint density at radius 1 is 1.04 bits per heavy atom. The molecule has 0 spiro atoms. The summed E-state index contributed by atoms with van der Waals surface area (Å²) in [4.78, 5) is 30.0. The fourth-order valence-electron chi connectivity index (χ4n) is 3.96. The molecule has 2 aromatic rings. The molecule has 3 fully saturated rings. The summed E-state index contributed by atoms with van der Waals surface area (Å²) < 4.78 is 0. The summed E-state index contributed by atoms with van der Waals surface area (Å²) in [6.45, 7) is 3.58. The van der Waals surface area contributed by atoms with Crippen molar-refractivity contribution in [1.82, 2.24) is 24.8 Å². The van der Waals surface area contributed by atoms with Gasteiger partial charge in [-0.2, -0.15) is 0 Å². The standard InChI is InChI=1S/C19H23N5O/c25-19(9-17-10-20-7-8-22-17)24-12-15-4-5-18(14-24)23(11-15)13-16-3-1-2-6-21-16/h1-3,6-8,10,15,18H,4-5,9,11-14H2/t15-,18-/m0/s1. The number of nitrogens with zero attached hydrogens (tertiary/aromatic N) is 5. The second-order valence-electron chi connectivity index (χ2n) is 7.02. The summed E-state index contributed by atoms with van der Waals surface area (Å²) >= 11 is 0. The van der Waals surface area contributed by atoms with Gasteiger partial charge in [0.15, 0.2) is 0 Å². The first-order valence-corrected chi connectivity index (χ1v) is 8.94. The summed E-state index contributed by atoms with van der Waals surface area (Å²) in [7, 11) is 0. The van der Waals surface area contributed by atoms with Crippen LogP contribution in [0.15, 0.2) is 43.0 Å². The van der Waals surface area contributed by atoms with E-state index in [2.05, 4.69) is 25.9 Å². The van der Waals surface area contributed by atoms with Crippen molar-refractivity contribution in [2.24, 2.45) is 5.92 Å². The van der Waals surface area contributed by atoms with Gasteiger partial charge < -0.3 is 4.90 Å². The topological polar surface area (TPSA) is 62.2 Å². The van der Waals surface area contributed by atoms with Crippen LogP contribution in [0.4, 0.5) is 0 Å². The number of fused-ring (bicyclic) bond motifs is 4. The third-order valence-electron chi connectivity index (χ3n) is 5.22. The summed E-state index contributed by atoms with van der Waals surface area (Å²) in [5.74, 6) is 0.713. The molecule has 0 aliphatic carbocycles. The number of piperidine rings is 1. The third-order valence-corrected chi connectivity index (χ3v) is 5.22. The number of hydrogen-bond acceptors (Lipinski definition) is 5. The Bertz CT molecular complexity index is 708. The van der Waals surface area contributed by atoms with Crippen molar-refractivity contribution in [3.8, 4) is 0 Å². The zero-order chi connectivity index (χ0) is 17.1. The number of aromatic nitrogens is 3. The maximum atomic E-state index is 12.7. The van der Waals surface area contributed by atoms with Crippen LogP contribution in [0.25, 0.3) is 0 Å². The van der Waals surface area contributed by atoms with Crippen LogP contribution in [0.1, 0.15) is 24.2 Å². The summed E-state index contributed by atoms with van der Waals surface area (Å²) in [6.07, 6.45) is 9.51. The van der Waals surface area contributed by atoms with E-state index in [9.17, 15) is 4.79 Å². The van der Waals surface area contributed by atoms with Crippen molar-refractivity contribution in [2.75, 3.05) is 19.6 Å². The largest absolute Gasteiger partial charge is 0.340 e. The van der Waals surface area contributed by atoms with Gasteiger partial charge in [-0.1, -0.05) is 6.07 Å². The SMILES string of the molecule is O=C(Cc1cnccn1)N1C[C@H]2CC[C@@H](C1)N(Cc1ccccn1)C2. The molecule has 6 heteroatoms. The minimum absolute atomic E-state index is 0.164. The molecule has 1 amide bonds. The third kappa shape index (κ3) is 3.85. The van der Waals surface area contributed by atoms with Crippen LogP contribution in [-0.4, -0.2) is 56.3 Å². The van der Waals surface area contributed by atoms with Crippen LogP contribution in [0.3, 0.4) is 0 Å². The van der Waals surface area contributed by atoms with Gasteiger partial charge in [-0.15, -0.1) is 0 Å². The molecular weight excluding hydrogens is 314 g/mol. The van der Waals surface area contributed by atoms with E-state index >= 15 is 0 Å². The van der Waals surface area contributed by atoms with Crippen LogP contribution in [0.2, 0.25) is 0 Å². The van der Waals surface area contributed by atoms with Gasteiger partial charge in [0.1, 0.15) is 0 Å². The first kappa shape index (κ1) is 16.1. The molecule has 3 aliphatic rings. The Morgan fingerprint density at radius 3 is 2.76 bits per heavy atom. The van der Waals surface area contributed by atoms with Gasteiger partial charge in [-0.05, 0) is 30.9 Å². The monoisotopic (exact) mass is 337 g/mol. The molecule has 0 aromatic carbocycles. The number of carbonyl (C=O) groups excluding carboxylic acids is 1. The number of hydrogen-bond donors (Lipinski definition) is 0. The summed E-state index contributed by atoms with van der Waals surface area (Å²) in [5.41, 5.74) is 1.85. The average Bonchev–Trinajstić information content (AvgIpc) is 2.95. The highest BCUT2D eigenvalue weighted by atomic mass is 16.2. The average molecular weight is 337 g/mol. The van der Waals surface area contributed by atoms with E-state index < -0.39 is 0 Å². The molecule has 130 valence electrons. The van der Waals surface area contributed by atoms with Gasteiger partial charge in [-0.3, -0.25) is 24.6 Å². The Hall–Kier alpha value is -2.34. The Morgan fingerprint density at radius 2 is 1.96 bits per heavy atom. The van der Waals surface area contributed by atoms with Crippen molar-refractivity contribution >= 4 is 5.91 Å². The van der Waals surface area contributed by atoms with E-state index in [1.54, 1.807) is 18.6 Å². The number of pyridine rings is 1. The van der Waals surface area contributed by atoms with Crippen LogP contribution >= 0.6 is 0 Å². The smallest absolute Gasteiger partial charge is 0.228 e. The number of carbonyl (C=O) groups is 1. The second-order valence-corrected chi connectivity index (χ2v) is 7.02. The fourth-order valence-corrected chi connectivity index (χ4v) is 3.96. The summed E-state index contributed by atoms with van der Waals surface area (Å²) in [5, 5.41) is 0. The Kier molecular flexibility index (Phi) is 4.70. The highest BCUT2D eigenvalue weighted by Crippen LogP contribution is 2.29. The van der Waals surface area contributed by atoms with Crippen molar-refractivity contribution in [3.63, 3.8) is 0 Å². The van der Waals surface area contributed by atoms with E-state index in [0.29, 0.717) is 18.4 Å². The predicted octanol–water partition coefficient (Wildman–Crippen LogP) is 1.54. The van der Waals surface area contributed by atoms with E-state index in [1.807, 2.05) is 23.2 Å². The van der Waals surface area contributed by atoms with Crippen molar-refractivity contribution in [2.45, 2.75) is 31.8 Å². The Labute approximate surface area is 147 Å². The van der Waals surface area contributed by atoms with Crippen molar-refractivity contribution in [3.05, 3.63) is 54.4 Å². The van der Waals surface area contributed by atoms with Gasteiger partial charge in [0.2, 0.25) is 5.91 Å². The van der Waals surface area contributed by atoms with E-state index in [1.165, 1.54) is 6.42 Å². The molecule has 25 heavy (non-hydrogen) atoms. The fraction of sp³-hybridized carbons (Fsp3) is 0.474. The molecule has 5 rings (SSSR count). The zero-order valence-corrected chi connectivity index (χ0v) is 14.3. The first-order valence-electron chi connectivity index (χ1n) is 8.94. The van der Waals surface area contributed by atoms with Crippen molar-refractivity contribution < 1.29 is 4.79 Å². The lowest BCUT2D eigenvalue weighted by atomic mass is 9.95. The summed E-state index contributed by atoms with van der Waals surface area (Å²) in [6, 6.07) is 6.49.